The van der Waals surface area contributed by atoms with Gasteiger partial charge in [-0.05, 0) is 51.4 Å². The third-order valence-electron chi connectivity index (χ3n) is 5.23. The highest BCUT2D eigenvalue weighted by atomic mass is 16.6. The van der Waals surface area contributed by atoms with E-state index in [9.17, 15) is 4.79 Å². The first kappa shape index (κ1) is 20.5. The molecular weight excluding hydrogens is 260 g/mol. The van der Waals surface area contributed by atoms with Gasteiger partial charge < -0.3 is 4.74 Å². The highest BCUT2D eigenvalue weighted by Crippen LogP contribution is 2.40. The fourth-order valence-electron chi connectivity index (χ4n) is 3.18. The van der Waals surface area contributed by atoms with E-state index in [1.54, 1.807) is 0 Å². The van der Waals surface area contributed by atoms with Gasteiger partial charge in [-0.25, -0.2) is 0 Å². The van der Waals surface area contributed by atoms with Crippen molar-refractivity contribution in [2.45, 2.75) is 105 Å². The van der Waals surface area contributed by atoms with Crippen LogP contribution in [0.15, 0.2) is 0 Å². The quantitative estimate of drug-likeness (QED) is 0.551. The highest BCUT2D eigenvalue weighted by Gasteiger charge is 2.42. The molecule has 1 atom stereocenters. The zero-order chi connectivity index (χ0) is 16.5. The van der Waals surface area contributed by atoms with Gasteiger partial charge in [0, 0.05) is 0 Å². The number of hydrogen-bond acceptors (Lipinski definition) is 2. The summed E-state index contributed by atoms with van der Waals surface area (Å²) in [5.74, 6) is 0.366. The Bertz CT molecular complexity index is 290. The van der Waals surface area contributed by atoms with Crippen LogP contribution in [0.1, 0.15) is 99.8 Å². The predicted molar refractivity (Wildman–Crippen MR) is 91.4 cm³/mol. The summed E-state index contributed by atoms with van der Waals surface area (Å²) in [7, 11) is 0. The molecule has 1 fully saturated rings. The molecule has 0 aromatic heterocycles. The van der Waals surface area contributed by atoms with Crippen molar-refractivity contribution < 1.29 is 9.53 Å². The van der Waals surface area contributed by atoms with Crippen LogP contribution in [0.25, 0.3) is 0 Å². The lowest BCUT2D eigenvalue weighted by molar-refractivity contribution is -0.179. The summed E-state index contributed by atoms with van der Waals surface area (Å²) >= 11 is 0. The number of ether oxygens (including phenoxy) is 1. The van der Waals surface area contributed by atoms with Crippen LogP contribution in [0, 0.1) is 11.3 Å². The van der Waals surface area contributed by atoms with Gasteiger partial charge in [0.05, 0.1) is 5.41 Å². The van der Waals surface area contributed by atoms with Crippen LogP contribution in [0.2, 0.25) is 0 Å². The summed E-state index contributed by atoms with van der Waals surface area (Å²) in [6.45, 7) is 14.7. The molecule has 0 N–H and O–H groups in total. The van der Waals surface area contributed by atoms with E-state index in [1.165, 1.54) is 19.3 Å². The molecule has 0 aromatic rings. The molecule has 0 heterocycles. The maximum absolute atomic E-state index is 12.7. The van der Waals surface area contributed by atoms with Crippen LogP contribution >= 0.6 is 0 Å². The van der Waals surface area contributed by atoms with E-state index in [-0.39, 0.29) is 17.0 Å². The number of carbonyl (C=O) groups is 1. The number of esters is 1. The third-order valence-corrected chi connectivity index (χ3v) is 5.23. The lowest BCUT2D eigenvalue weighted by Gasteiger charge is -2.40. The molecule has 1 aliphatic rings. The maximum atomic E-state index is 12.7. The van der Waals surface area contributed by atoms with Gasteiger partial charge in [0.2, 0.25) is 0 Å². The van der Waals surface area contributed by atoms with Crippen molar-refractivity contribution in [1.29, 1.82) is 0 Å². The summed E-state index contributed by atoms with van der Waals surface area (Å²) in [5, 5.41) is 0. The Morgan fingerprint density at radius 1 is 1.14 bits per heavy atom. The van der Waals surface area contributed by atoms with Crippen molar-refractivity contribution in [1.82, 2.24) is 0 Å². The monoisotopic (exact) mass is 298 g/mol. The fourth-order valence-corrected chi connectivity index (χ4v) is 3.18. The average Bonchev–Trinajstić information content (AvgIpc) is 2.50. The molecule has 2 heteroatoms. The SMILES string of the molecule is CC.CCCC(C)(C(=O)OC1(CC)CCCCC1)C(C)C. The van der Waals surface area contributed by atoms with Gasteiger partial charge in [-0.2, -0.15) is 0 Å². The molecule has 1 saturated carbocycles. The summed E-state index contributed by atoms with van der Waals surface area (Å²) in [4.78, 5) is 12.7. The smallest absolute Gasteiger partial charge is 0.312 e. The van der Waals surface area contributed by atoms with Gasteiger partial charge >= 0.3 is 5.97 Å². The number of rotatable bonds is 6. The molecule has 0 bridgehead atoms. The van der Waals surface area contributed by atoms with Crippen LogP contribution < -0.4 is 0 Å². The second-order valence-electron chi connectivity index (χ2n) is 6.81. The van der Waals surface area contributed by atoms with Crippen molar-refractivity contribution in [2.24, 2.45) is 11.3 Å². The van der Waals surface area contributed by atoms with Crippen molar-refractivity contribution in [3.8, 4) is 0 Å². The van der Waals surface area contributed by atoms with Gasteiger partial charge in [-0.3, -0.25) is 4.79 Å². The second kappa shape index (κ2) is 9.48. The first-order chi connectivity index (χ1) is 9.90. The minimum absolute atomic E-state index is 0.0353. The van der Waals surface area contributed by atoms with E-state index in [0.29, 0.717) is 5.92 Å². The molecule has 0 aliphatic heterocycles. The predicted octanol–water partition coefficient (Wildman–Crippen LogP) is 6.13. The molecule has 0 saturated heterocycles. The molecule has 2 nitrogen and oxygen atoms in total. The maximum Gasteiger partial charge on any atom is 0.312 e. The minimum Gasteiger partial charge on any atom is -0.459 e. The van der Waals surface area contributed by atoms with Crippen molar-refractivity contribution >= 4 is 5.97 Å². The molecular formula is C19H38O2. The van der Waals surface area contributed by atoms with E-state index < -0.39 is 0 Å². The summed E-state index contributed by atoms with van der Waals surface area (Å²) in [5.41, 5.74) is -0.492. The average molecular weight is 299 g/mol. The lowest BCUT2D eigenvalue weighted by atomic mass is 9.75. The molecule has 1 rings (SSSR count). The Hall–Kier alpha value is -0.530. The van der Waals surface area contributed by atoms with Gasteiger partial charge in [0.15, 0.2) is 0 Å². The Kier molecular flexibility index (Phi) is 9.24. The van der Waals surface area contributed by atoms with Crippen molar-refractivity contribution in [3.05, 3.63) is 0 Å². The lowest BCUT2D eigenvalue weighted by Crippen LogP contribution is -2.43. The van der Waals surface area contributed by atoms with Gasteiger partial charge in [-0.1, -0.05) is 54.4 Å². The molecule has 0 aromatic carbocycles. The van der Waals surface area contributed by atoms with Crippen LogP contribution in [-0.4, -0.2) is 11.6 Å². The summed E-state index contributed by atoms with van der Waals surface area (Å²) in [6.07, 6.45) is 8.70. The van der Waals surface area contributed by atoms with Gasteiger partial charge in [-0.15, -0.1) is 0 Å². The third kappa shape index (κ3) is 5.30. The van der Waals surface area contributed by atoms with Crippen LogP contribution in [0.5, 0.6) is 0 Å². The Morgan fingerprint density at radius 2 is 1.67 bits per heavy atom. The molecule has 1 unspecified atom stereocenters. The fraction of sp³-hybridized carbons (Fsp3) is 0.947. The Labute approximate surface area is 133 Å². The van der Waals surface area contributed by atoms with Crippen LogP contribution in [0.3, 0.4) is 0 Å². The molecule has 0 spiro atoms. The van der Waals surface area contributed by atoms with Crippen LogP contribution in [-0.2, 0) is 9.53 Å². The Morgan fingerprint density at radius 3 is 2.05 bits per heavy atom. The van der Waals surface area contributed by atoms with Crippen LogP contribution in [0.4, 0.5) is 0 Å². The van der Waals surface area contributed by atoms with Gasteiger partial charge in [0.1, 0.15) is 5.60 Å². The highest BCUT2D eigenvalue weighted by molar-refractivity contribution is 5.77. The molecule has 126 valence electrons. The first-order valence-electron chi connectivity index (χ1n) is 9.13. The van der Waals surface area contributed by atoms with E-state index >= 15 is 0 Å². The van der Waals surface area contributed by atoms with Crippen molar-refractivity contribution in [2.75, 3.05) is 0 Å². The van der Waals surface area contributed by atoms with E-state index in [0.717, 1.165) is 32.1 Å². The molecule has 0 amide bonds. The van der Waals surface area contributed by atoms with E-state index in [1.807, 2.05) is 13.8 Å². The largest absolute Gasteiger partial charge is 0.459 e. The standard InChI is InChI=1S/C17H32O2.C2H6/c1-6-11-16(5,14(3)4)15(18)19-17(7-2)12-9-8-10-13-17;1-2/h14H,6-13H2,1-5H3;1-2H3. The second-order valence-corrected chi connectivity index (χ2v) is 6.81. The van der Waals surface area contributed by atoms with E-state index in [4.69, 9.17) is 4.74 Å². The zero-order valence-electron chi connectivity index (χ0n) is 15.6. The normalized spacial score (nSPS) is 20.2. The van der Waals surface area contributed by atoms with E-state index in [2.05, 4.69) is 34.6 Å². The summed E-state index contributed by atoms with van der Waals surface area (Å²) < 4.78 is 6.07. The Balaban J connectivity index is 0.00000191. The minimum atomic E-state index is -0.325. The summed E-state index contributed by atoms with van der Waals surface area (Å²) in [6, 6.07) is 0. The zero-order valence-corrected chi connectivity index (χ0v) is 15.6. The molecule has 0 radical (unpaired) electrons. The van der Waals surface area contributed by atoms with Gasteiger partial charge in [0.25, 0.3) is 0 Å². The molecule has 1 aliphatic carbocycles. The number of carbonyl (C=O) groups excluding carboxylic acids is 1. The number of hydrogen-bond donors (Lipinski definition) is 0. The molecule has 21 heavy (non-hydrogen) atoms. The topological polar surface area (TPSA) is 26.3 Å². The first-order valence-corrected chi connectivity index (χ1v) is 9.13. The van der Waals surface area contributed by atoms with Crippen molar-refractivity contribution in [3.63, 3.8) is 0 Å².